The van der Waals surface area contributed by atoms with E-state index in [1.54, 1.807) is 4.90 Å². The fraction of sp³-hybridized carbons (Fsp3) is 0.857. The Labute approximate surface area is 121 Å². The third kappa shape index (κ3) is 6.75. The Hall–Kier alpha value is -1.30. The number of carbonyl (C=O) groups is 2. The van der Waals surface area contributed by atoms with Gasteiger partial charge < -0.3 is 20.7 Å². The molecule has 0 radical (unpaired) electrons. The molecule has 0 aliphatic carbocycles. The van der Waals surface area contributed by atoms with Gasteiger partial charge in [0.2, 0.25) is 5.91 Å². The third-order valence-corrected chi connectivity index (χ3v) is 3.15. The van der Waals surface area contributed by atoms with Crippen molar-refractivity contribution < 1.29 is 14.3 Å². The van der Waals surface area contributed by atoms with Crippen molar-refractivity contribution in [2.45, 2.75) is 45.6 Å². The summed E-state index contributed by atoms with van der Waals surface area (Å²) in [5.74, 6) is 0.112. The van der Waals surface area contributed by atoms with Crippen LogP contribution in [-0.2, 0) is 9.53 Å². The number of likely N-dealkylation sites (tertiary alicyclic amines) is 1. The SMILES string of the molecule is CC(C)(C)OC(=O)N1CCCC(CNCCC(N)=O)C1. The zero-order chi connectivity index (χ0) is 15.2. The van der Waals surface area contributed by atoms with E-state index >= 15 is 0 Å². The van der Waals surface area contributed by atoms with Crippen molar-refractivity contribution in [3.05, 3.63) is 0 Å². The number of ether oxygens (including phenoxy) is 1. The molecule has 1 saturated heterocycles. The molecule has 1 aliphatic heterocycles. The number of primary amides is 1. The summed E-state index contributed by atoms with van der Waals surface area (Å²) in [6, 6.07) is 0. The molecular formula is C14H27N3O3. The van der Waals surface area contributed by atoms with Gasteiger partial charge in [0.1, 0.15) is 5.60 Å². The summed E-state index contributed by atoms with van der Waals surface area (Å²) in [4.78, 5) is 24.4. The first-order chi connectivity index (χ1) is 9.28. The van der Waals surface area contributed by atoms with Gasteiger partial charge in [-0.15, -0.1) is 0 Å². The van der Waals surface area contributed by atoms with E-state index in [1.165, 1.54) is 0 Å². The molecule has 116 valence electrons. The Morgan fingerprint density at radius 2 is 2.10 bits per heavy atom. The van der Waals surface area contributed by atoms with Crippen LogP contribution >= 0.6 is 0 Å². The summed E-state index contributed by atoms with van der Waals surface area (Å²) in [5, 5.41) is 3.21. The van der Waals surface area contributed by atoms with Crippen molar-refractivity contribution in [3.63, 3.8) is 0 Å². The van der Waals surface area contributed by atoms with Crippen molar-refractivity contribution >= 4 is 12.0 Å². The van der Waals surface area contributed by atoms with E-state index < -0.39 is 5.60 Å². The summed E-state index contributed by atoms with van der Waals surface area (Å²) in [6.07, 6.45) is 2.19. The summed E-state index contributed by atoms with van der Waals surface area (Å²) < 4.78 is 5.39. The van der Waals surface area contributed by atoms with E-state index in [-0.39, 0.29) is 12.0 Å². The molecule has 1 unspecified atom stereocenters. The molecule has 0 saturated carbocycles. The van der Waals surface area contributed by atoms with E-state index in [0.717, 1.165) is 25.9 Å². The van der Waals surface area contributed by atoms with Gasteiger partial charge >= 0.3 is 6.09 Å². The Morgan fingerprint density at radius 3 is 2.70 bits per heavy atom. The number of nitrogens with two attached hydrogens (primary N) is 1. The van der Waals surface area contributed by atoms with Gasteiger partial charge in [-0.1, -0.05) is 0 Å². The number of carbonyl (C=O) groups excluding carboxylic acids is 2. The molecule has 2 amide bonds. The van der Waals surface area contributed by atoms with E-state index in [9.17, 15) is 9.59 Å². The fourth-order valence-corrected chi connectivity index (χ4v) is 2.24. The first kappa shape index (κ1) is 16.8. The predicted molar refractivity (Wildman–Crippen MR) is 77.2 cm³/mol. The lowest BCUT2D eigenvalue weighted by Gasteiger charge is -2.34. The number of nitrogens with one attached hydrogen (secondary N) is 1. The summed E-state index contributed by atoms with van der Waals surface area (Å²) in [5.41, 5.74) is 4.63. The van der Waals surface area contributed by atoms with Gasteiger partial charge in [0.15, 0.2) is 0 Å². The second-order valence-electron chi connectivity index (χ2n) is 6.36. The highest BCUT2D eigenvalue weighted by Crippen LogP contribution is 2.18. The molecule has 6 nitrogen and oxygen atoms in total. The topological polar surface area (TPSA) is 84.7 Å². The lowest BCUT2D eigenvalue weighted by Crippen LogP contribution is -2.45. The van der Waals surface area contributed by atoms with E-state index in [1.807, 2.05) is 20.8 Å². The molecule has 0 aromatic rings. The molecular weight excluding hydrogens is 258 g/mol. The van der Waals surface area contributed by atoms with Gasteiger partial charge in [-0.3, -0.25) is 4.79 Å². The second-order valence-corrected chi connectivity index (χ2v) is 6.36. The van der Waals surface area contributed by atoms with Crippen LogP contribution in [0.3, 0.4) is 0 Å². The van der Waals surface area contributed by atoms with Crippen LogP contribution in [0, 0.1) is 5.92 Å². The maximum atomic E-state index is 12.0. The van der Waals surface area contributed by atoms with Crippen LogP contribution in [0.5, 0.6) is 0 Å². The number of nitrogens with zero attached hydrogens (tertiary/aromatic N) is 1. The highest BCUT2D eigenvalue weighted by Gasteiger charge is 2.27. The Bertz CT molecular complexity index is 339. The minimum atomic E-state index is -0.455. The van der Waals surface area contributed by atoms with Gasteiger partial charge in [0, 0.05) is 26.1 Å². The largest absolute Gasteiger partial charge is 0.444 e. The molecule has 1 heterocycles. The highest BCUT2D eigenvalue weighted by molar-refractivity contribution is 5.73. The summed E-state index contributed by atoms with van der Waals surface area (Å²) >= 11 is 0. The van der Waals surface area contributed by atoms with Gasteiger partial charge in [0.05, 0.1) is 0 Å². The number of hydrogen-bond acceptors (Lipinski definition) is 4. The van der Waals surface area contributed by atoms with Crippen molar-refractivity contribution in [3.8, 4) is 0 Å². The second kappa shape index (κ2) is 7.47. The van der Waals surface area contributed by atoms with Crippen LogP contribution in [0.1, 0.15) is 40.0 Å². The quantitative estimate of drug-likeness (QED) is 0.741. The Balaban J connectivity index is 2.31. The van der Waals surface area contributed by atoms with Crippen LogP contribution < -0.4 is 11.1 Å². The molecule has 1 aliphatic rings. The maximum Gasteiger partial charge on any atom is 0.410 e. The minimum absolute atomic E-state index is 0.237. The fourth-order valence-electron chi connectivity index (χ4n) is 2.24. The van der Waals surface area contributed by atoms with Crippen molar-refractivity contribution in [1.29, 1.82) is 0 Å². The van der Waals surface area contributed by atoms with E-state index in [2.05, 4.69) is 5.32 Å². The normalized spacial score (nSPS) is 19.8. The lowest BCUT2D eigenvalue weighted by molar-refractivity contribution is -0.117. The van der Waals surface area contributed by atoms with Gasteiger partial charge in [-0.05, 0) is 46.1 Å². The smallest absolute Gasteiger partial charge is 0.410 e. The zero-order valence-corrected chi connectivity index (χ0v) is 12.8. The van der Waals surface area contributed by atoms with Crippen molar-refractivity contribution in [2.24, 2.45) is 11.7 Å². The molecule has 0 aromatic carbocycles. The minimum Gasteiger partial charge on any atom is -0.444 e. The van der Waals surface area contributed by atoms with Crippen LogP contribution in [-0.4, -0.2) is 48.7 Å². The zero-order valence-electron chi connectivity index (χ0n) is 12.8. The lowest BCUT2D eigenvalue weighted by atomic mass is 9.98. The monoisotopic (exact) mass is 285 g/mol. The standard InChI is InChI=1S/C14H27N3O3/c1-14(2,3)20-13(19)17-8-4-5-11(10-17)9-16-7-6-12(15)18/h11,16H,4-10H2,1-3H3,(H2,15,18). The molecule has 0 bridgehead atoms. The van der Waals surface area contributed by atoms with Crippen molar-refractivity contribution in [2.75, 3.05) is 26.2 Å². The number of hydrogen-bond donors (Lipinski definition) is 2. The summed E-state index contributed by atoms with van der Waals surface area (Å²) in [6.45, 7) is 8.48. The van der Waals surface area contributed by atoms with Crippen LogP contribution in [0.15, 0.2) is 0 Å². The Kier molecular flexibility index (Phi) is 6.26. The van der Waals surface area contributed by atoms with Gasteiger partial charge in [0.25, 0.3) is 0 Å². The van der Waals surface area contributed by atoms with Crippen molar-refractivity contribution in [1.82, 2.24) is 10.2 Å². The summed E-state index contributed by atoms with van der Waals surface area (Å²) in [7, 11) is 0. The maximum absolute atomic E-state index is 12.0. The molecule has 1 atom stereocenters. The number of amides is 2. The predicted octanol–water partition coefficient (Wildman–Crippen LogP) is 1.10. The van der Waals surface area contributed by atoms with Crippen LogP contribution in [0.25, 0.3) is 0 Å². The average Bonchev–Trinajstić information content (AvgIpc) is 2.33. The van der Waals surface area contributed by atoms with Gasteiger partial charge in [-0.25, -0.2) is 4.79 Å². The molecule has 3 N–H and O–H groups in total. The van der Waals surface area contributed by atoms with E-state index in [4.69, 9.17) is 10.5 Å². The Morgan fingerprint density at radius 1 is 1.40 bits per heavy atom. The molecule has 1 fully saturated rings. The number of piperidine rings is 1. The van der Waals surface area contributed by atoms with Gasteiger partial charge in [-0.2, -0.15) is 0 Å². The van der Waals surface area contributed by atoms with Crippen LogP contribution in [0.4, 0.5) is 4.79 Å². The first-order valence-electron chi connectivity index (χ1n) is 7.25. The van der Waals surface area contributed by atoms with E-state index in [0.29, 0.717) is 25.4 Å². The van der Waals surface area contributed by atoms with Crippen LogP contribution in [0.2, 0.25) is 0 Å². The molecule has 1 rings (SSSR count). The molecule has 20 heavy (non-hydrogen) atoms. The first-order valence-corrected chi connectivity index (χ1v) is 7.25. The molecule has 0 spiro atoms. The number of rotatable bonds is 5. The third-order valence-electron chi connectivity index (χ3n) is 3.15. The molecule has 6 heteroatoms. The highest BCUT2D eigenvalue weighted by atomic mass is 16.6. The average molecular weight is 285 g/mol. The molecule has 0 aromatic heterocycles.